The van der Waals surface area contributed by atoms with Crippen LogP contribution in [0.3, 0.4) is 0 Å². The maximum absolute atomic E-state index is 3.18. The molecule has 0 saturated carbocycles. The molecule has 0 aromatic heterocycles. The van der Waals surface area contributed by atoms with E-state index in [0.717, 1.165) is 12.8 Å². The van der Waals surface area contributed by atoms with Crippen molar-refractivity contribution in [1.82, 2.24) is 0 Å². The second-order valence-electron chi connectivity index (χ2n) is 4.09. The molecular formula is C16H22Pt. The summed E-state index contributed by atoms with van der Waals surface area (Å²) in [5, 5.41) is 0. The first kappa shape index (κ1) is 16.6. The van der Waals surface area contributed by atoms with E-state index in [9.17, 15) is 0 Å². The summed E-state index contributed by atoms with van der Waals surface area (Å²) in [6.45, 7) is 0. The average Bonchev–Trinajstić information content (AvgIpc) is 2.15. The molecule has 2 aliphatic carbocycles. The van der Waals surface area contributed by atoms with Crippen molar-refractivity contribution in [1.29, 1.82) is 0 Å². The number of rotatable bonds is 0. The second kappa shape index (κ2) is 13.7. The Labute approximate surface area is 121 Å². The van der Waals surface area contributed by atoms with Gasteiger partial charge in [-0.1, -0.05) is 38.5 Å². The molecule has 0 aromatic carbocycles. The Morgan fingerprint density at radius 2 is 1.12 bits per heavy atom. The van der Waals surface area contributed by atoms with Crippen molar-refractivity contribution in [3.63, 3.8) is 0 Å². The van der Waals surface area contributed by atoms with E-state index in [0.29, 0.717) is 0 Å². The van der Waals surface area contributed by atoms with Crippen molar-refractivity contribution in [3.05, 3.63) is 48.6 Å². The molecule has 2 rings (SSSR count). The molecule has 0 bridgehead atoms. The summed E-state index contributed by atoms with van der Waals surface area (Å²) in [6.07, 6.45) is 29.0. The number of allylic oxidation sites excluding steroid dienone is 8. The summed E-state index contributed by atoms with van der Waals surface area (Å²) in [4.78, 5) is 0. The molecule has 0 unspecified atom stereocenters. The fraction of sp³-hybridized carbons (Fsp3) is 0.500. The van der Waals surface area contributed by atoms with Crippen molar-refractivity contribution in [2.45, 2.75) is 51.4 Å². The van der Waals surface area contributed by atoms with Crippen molar-refractivity contribution in [3.8, 4) is 0 Å². The second-order valence-corrected chi connectivity index (χ2v) is 4.09. The Morgan fingerprint density at radius 1 is 0.647 bits per heavy atom. The first-order valence-corrected chi connectivity index (χ1v) is 6.43. The Hall–Kier alpha value is -0.352. The molecule has 0 amide bonds. The van der Waals surface area contributed by atoms with Crippen LogP contribution in [0.5, 0.6) is 0 Å². The van der Waals surface area contributed by atoms with Gasteiger partial charge < -0.3 is 0 Å². The molecule has 0 spiro atoms. The van der Waals surface area contributed by atoms with Gasteiger partial charge in [-0.05, 0) is 0 Å². The van der Waals surface area contributed by atoms with Crippen LogP contribution in [0.4, 0.5) is 0 Å². The predicted molar refractivity (Wildman–Crippen MR) is 70.8 cm³/mol. The van der Waals surface area contributed by atoms with E-state index >= 15 is 0 Å². The van der Waals surface area contributed by atoms with E-state index in [1.165, 1.54) is 38.5 Å². The maximum Gasteiger partial charge on any atom is 2.00 e. The SMILES string of the molecule is [C-]1=CC=CCCCC1.[C-]1=CC=CCCCC1.[Pt+2]. The maximum atomic E-state index is 3.18. The van der Waals surface area contributed by atoms with Gasteiger partial charge in [0.1, 0.15) is 0 Å². The van der Waals surface area contributed by atoms with E-state index in [-0.39, 0.29) is 21.1 Å². The van der Waals surface area contributed by atoms with Crippen molar-refractivity contribution >= 4 is 0 Å². The molecule has 0 radical (unpaired) electrons. The molecule has 1 heteroatoms. The minimum absolute atomic E-state index is 0. The first-order valence-electron chi connectivity index (χ1n) is 6.43. The van der Waals surface area contributed by atoms with Crippen LogP contribution < -0.4 is 0 Å². The van der Waals surface area contributed by atoms with Gasteiger partial charge in [-0.3, -0.25) is 12.2 Å². The summed E-state index contributed by atoms with van der Waals surface area (Å²) in [5.41, 5.74) is 0. The van der Waals surface area contributed by atoms with Crippen LogP contribution in [0.15, 0.2) is 36.5 Å². The third-order valence-corrected chi connectivity index (χ3v) is 2.58. The zero-order chi connectivity index (χ0) is 11.3. The van der Waals surface area contributed by atoms with E-state index in [4.69, 9.17) is 0 Å². The third-order valence-electron chi connectivity index (χ3n) is 2.58. The van der Waals surface area contributed by atoms with Gasteiger partial charge in [-0.25, -0.2) is 24.3 Å². The van der Waals surface area contributed by atoms with Gasteiger partial charge in [0, 0.05) is 0 Å². The van der Waals surface area contributed by atoms with Crippen LogP contribution in [0.1, 0.15) is 51.4 Å². The summed E-state index contributed by atoms with van der Waals surface area (Å²) in [6, 6.07) is 0. The molecule has 0 aliphatic heterocycles. The number of hydrogen-bond acceptors (Lipinski definition) is 0. The molecule has 0 N–H and O–H groups in total. The minimum Gasteiger partial charge on any atom is -0.275 e. The number of hydrogen-bond donors (Lipinski definition) is 0. The van der Waals surface area contributed by atoms with Gasteiger partial charge in [0.2, 0.25) is 0 Å². The molecule has 0 heterocycles. The summed E-state index contributed by atoms with van der Waals surface area (Å²) < 4.78 is 0. The average molecular weight is 409 g/mol. The van der Waals surface area contributed by atoms with Crippen LogP contribution in [0, 0.1) is 12.2 Å². The van der Waals surface area contributed by atoms with Crippen LogP contribution >= 0.6 is 0 Å². The molecule has 0 atom stereocenters. The monoisotopic (exact) mass is 409 g/mol. The Bertz CT molecular complexity index is 203. The molecule has 0 aromatic rings. The van der Waals surface area contributed by atoms with Crippen LogP contribution in [0.2, 0.25) is 0 Å². The Morgan fingerprint density at radius 3 is 1.59 bits per heavy atom. The van der Waals surface area contributed by atoms with E-state index in [2.05, 4.69) is 36.5 Å². The normalized spacial score (nSPS) is 18.8. The predicted octanol–water partition coefficient (Wildman–Crippen LogP) is 4.95. The minimum atomic E-state index is 0. The van der Waals surface area contributed by atoms with Crippen LogP contribution in [-0.4, -0.2) is 0 Å². The smallest absolute Gasteiger partial charge is 0.275 e. The van der Waals surface area contributed by atoms with Crippen LogP contribution in [-0.2, 0) is 21.1 Å². The quantitative estimate of drug-likeness (QED) is 0.497. The van der Waals surface area contributed by atoms with Gasteiger partial charge in [-0.15, -0.1) is 12.8 Å². The summed E-state index contributed by atoms with van der Waals surface area (Å²) in [5.74, 6) is 0. The Kier molecular flexibility index (Phi) is 13.4. The van der Waals surface area contributed by atoms with E-state index < -0.39 is 0 Å². The van der Waals surface area contributed by atoms with Gasteiger partial charge in [0.25, 0.3) is 0 Å². The standard InChI is InChI=1S/2C8H11.Pt/c2*1-2-4-6-8-7-5-3-1;/h2*1-3H,4,6-8H2;/q2*-1;+2. The fourth-order valence-corrected chi connectivity index (χ4v) is 1.61. The fourth-order valence-electron chi connectivity index (χ4n) is 1.61. The molecule has 0 fully saturated rings. The largest absolute Gasteiger partial charge is 2.00 e. The zero-order valence-electron chi connectivity index (χ0n) is 10.4. The molecule has 96 valence electrons. The molecule has 0 nitrogen and oxygen atoms in total. The zero-order valence-corrected chi connectivity index (χ0v) is 12.7. The van der Waals surface area contributed by atoms with Gasteiger partial charge >= 0.3 is 21.1 Å². The molecular weight excluding hydrogens is 387 g/mol. The summed E-state index contributed by atoms with van der Waals surface area (Å²) >= 11 is 0. The first-order chi connectivity index (χ1) is 8.00. The van der Waals surface area contributed by atoms with Gasteiger partial charge in [0.05, 0.1) is 0 Å². The van der Waals surface area contributed by atoms with Crippen molar-refractivity contribution in [2.24, 2.45) is 0 Å². The van der Waals surface area contributed by atoms with Crippen molar-refractivity contribution < 1.29 is 21.1 Å². The van der Waals surface area contributed by atoms with Crippen LogP contribution in [0.25, 0.3) is 0 Å². The third kappa shape index (κ3) is 11.9. The molecule has 0 saturated heterocycles. The van der Waals surface area contributed by atoms with E-state index in [1.54, 1.807) is 0 Å². The van der Waals surface area contributed by atoms with Gasteiger partial charge in [-0.2, -0.15) is 12.2 Å². The van der Waals surface area contributed by atoms with E-state index in [1.807, 2.05) is 12.2 Å². The summed E-state index contributed by atoms with van der Waals surface area (Å²) in [7, 11) is 0. The van der Waals surface area contributed by atoms with Crippen molar-refractivity contribution in [2.75, 3.05) is 0 Å². The van der Waals surface area contributed by atoms with Gasteiger partial charge in [0.15, 0.2) is 0 Å². The molecule has 17 heavy (non-hydrogen) atoms. The molecule has 2 aliphatic rings. The topological polar surface area (TPSA) is 0 Å². The Balaban J connectivity index is 0.000000284.